The Morgan fingerprint density at radius 1 is 1.14 bits per heavy atom. The lowest BCUT2D eigenvalue weighted by Gasteiger charge is -2.52. The van der Waals surface area contributed by atoms with Crippen LogP contribution in [0.25, 0.3) is 0 Å². The molecule has 1 N–H and O–H groups in total. The van der Waals surface area contributed by atoms with Gasteiger partial charge in [0.1, 0.15) is 6.10 Å². The van der Waals surface area contributed by atoms with Crippen molar-refractivity contribution < 1.29 is 24.2 Å². The predicted octanol–water partition coefficient (Wildman–Crippen LogP) is 4.35. The summed E-state index contributed by atoms with van der Waals surface area (Å²) in [6.45, 7) is 7.47. The van der Waals surface area contributed by atoms with E-state index in [0.29, 0.717) is 23.7 Å². The number of hydrogen-bond acceptors (Lipinski definition) is 5. The Morgan fingerprint density at radius 3 is 2.57 bits per heavy atom. The van der Waals surface area contributed by atoms with Gasteiger partial charge in [-0.25, -0.2) is 0 Å². The molecule has 0 heterocycles. The van der Waals surface area contributed by atoms with Crippen LogP contribution in [0.5, 0.6) is 11.5 Å². The number of benzene rings is 1. The predicted molar refractivity (Wildman–Crippen MR) is 104 cm³/mol. The second kappa shape index (κ2) is 6.78. The summed E-state index contributed by atoms with van der Waals surface area (Å²) in [6, 6.07) is 3.67. The topological polar surface area (TPSA) is 72.8 Å². The van der Waals surface area contributed by atoms with E-state index in [1.54, 1.807) is 6.07 Å². The second-order valence-corrected chi connectivity index (χ2v) is 9.30. The highest BCUT2D eigenvalue weighted by Gasteiger charge is 2.57. The lowest BCUT2D eigenvalue weighted by atomic mass is 9.53. The molecule has 0 aliphatic heterocycles. The molecule has 0 amide bonds. The molecule has 1 unspecified atom stereocenters. The van der Waals surface area contributed by atoms with Crippen molar-refractivity contribution in [3.63, 3.8) is 0 Å². The molecular formula is C23H30O5. The number of carbonyl (C=O) groups is 2. The fraction of sp³-hybridized carbons (Fsp3) is 0.652. The van der Waals surface area contributed by atoms with Crippen molar-refractivity contribution in [2.24, 2.45) is 23.2 Å². The van der Waals surface area contributed by atoms with Gasteiger partial charge < -0.3 is 14.6 Å². The standard InChI is InChI=1S/C23H30O5/c1-12-9-15-10-19(26)20(27-13(2)24)11-17(15)16-7-8-23(4)18(22(12)16)5-6-21(23)28-14(3)25/h10-12,16,18,21-22,26H,5-9H2,1-4H3/t12?,16-,18+,21+,22-,23+/m1/s1. The molecule has 152 valence electrons. The molecule has 0 saturated heterocycles. The molecule has 5 heteroatoms. The first-order valence-corrected chi connectivity index (χ1v) is 10.4. The Balaban J connectivity index is 1.69. The van der Waals surface area contributed by atoms with Crippen LogP contribution >= 0.6 is 0 Å². The van der Waals surface area contributed by atoms with Gasteiger partial charge in [0, 0.05) is 19.3 Å². The van der Waals surface area contributed by atoms with Crippen LogP contribution in [0.2, 0.25) is 0 Å². The summed E-state index contributed by atoms with van der Waals surface area (Å²) in [6.07, 6.45) is 5.00. The number of rotatable bonds is 2. The zero-order chi connectivity index (χ0) is 20.2. The van der Waals surface area contributed by atoms with E-state index < -0.39 is 5.97 Å². The van der Waals surface area contributed by atoms with Gasteiger partial charge in [-0.3, -0.25) is 9.59 Å². The number of fused-ring (bicyclic) bond motifs is 5. The van der Waals surface area contributed by atoms with Crippen LogP contribution < -0.4 is 4.74 Å². The minimum atomic E-state index is -0.424. The van der Waals surface area contributed by atoms with Crippen LogP contribution in [-0.4, -0.2) is 23.1 Å². The summed E-state index contributed by atoms with van der Waals surface area (Å²) in [4.78, 5) is 23.0. The number of phenolic OH excluding ortho intramolecular Hbond substituents is 1. The molecule has 6 atom stereocenters. The van der Waals surface area contributed by atoms with Crippen molar-refractivity contribution in [3.05, 3.63) is 23.3 Å². The molecule has 28 heavy (non-hydrogen) atoms. The first kappa shape index (κ1) is 19.3. The van der Waals surface area contributed by atoms with E-state index in [1.807, 2.05) is 6.07 Å². The quantitative estimate of drug-likeness (QED) is 0.604. The highest BCUT2D eigenvalue weighted by molar-refractivity contribution is 5.70. The number of esters is 2. The minimum Gasteiger partial charge on any atom is -0.504 e. The zero-order valence-corrected chi connectivity index (χ0v) is 17.2. The lowest BCUT2D eigenvalue weighted by Crippen LogP contribution is -2.47. The van der Waals surface area contributed by atoms with Crippen LogP contribution in [0, 0.1) is 23.2 Å². The maximum Gasteiger partial charge on any atom is 0.308 e. The first-order chi connectivity index (χ1) is 13.2. The Morgan fingerprint density at radius 2 is 1.89 bits per heavy atom. The molecule has 2 fully saturated rings. The molecule has 0 spiro atoms. The zero-order valence-electron chi connectivity index (χ0n) is 17.2. The molecule has 0 aromatic heterocycles. The molecule has 0 radical (unpaired) electrons. The molecule has 5 nitrogen and oxygen atoms in total. The van der Waals surface area contributed by atoms with Crippen molar-refractivity contribution in [2.45, 2.75) is 71.8 Å². The maximum absolute atomic E-state index is 11.6. The van der Waals surface area contributed by atoms with E-state index in [0.717, 1.165) is 32.1 Å². The van der Waals surface area contributed by atoms with Gasteiger partial charge in [-0.05, 0) is 79.0 Å². The monoisotopic (exact) mass is 386 g/mol. The third-order valence-electron chi connectivity index (χ3n) is 7.63. The smallest absolute Gasteiger partial charge is 0.308 e. The van der Waals surface area contributed by atoms with Crippen molar-refractivity contribution in [2.75, 3.05) is 0 Å². The summed E-state index contributed by atoms with van der Waals surface area (Å²) in [5.74, 6) is 1.61. The number of phenols is 1. The SMILES string of the molecule is CC(=O)Oc1cc2c(cc1O)CC(C)[C@@H]1[C@@H]2CC[C@]2(C)[C@@H](OC(C)=O)CC[C@@H]12. The van der Waals surface area contributed by atoms with E-state index >= 15 is 0 Å². The van der Waals surface area contributed by atoms with Crippen molar-refractivity contribution in [1.82, 2.24) is 0 Å². The Bertz CT molecular complexity index is 815. The molecule has 3 aliphatic rings. The van der Waals surface area contributed by atoms with Crippen molar-refractivity contribution in [1.29, 1.82) is 0 Å². The number of carbonyl (C=O) groups excluding carboxylic acids is 2. The Hall–Kier alpha value is -2.04. The summed E-state index contributed by atoms with van der Waals surface area (Å²) in [5.41, 5.74) is 2.42. The van der Waals surface area contributed by atoms with E-state index in [4.69, 9.17) is 9.47 Å². The van der Waals surface area contributed by atoms with Crippen LogP contribution in [0.4, 0.5) is 0 Å². The molecule has 1 aromatic rings. The summed E-state index contributed by atoms with van der Waals surface area (Å²) >= 11 is 0. The lowest BCUT2D eigenvalue weighted by molar-refractivity contribution is -0.155. The molecule has 3 aliphatic carbocycles. The highest BCUT2D eigenvalue weighted by Crippen LogP contribution is 2.63. The number of ether oxygens (including phenoxy) is 2. The van der Waals surface area contributed by atoms with Gasteiger partial charge in [-0.1, -0.05) is 13.8 Å². The second-order valence-electron chi connectivity index (χ2n) is 9.30. The summed E-state index contributed by atoms with van der Waals surface area (Å²) in [5, 5.41) is 10.3. The van der Waals surface area contributed by atoms with Crippen LogP contribution in [-0.2, 0) is 20.7 Å². The Kier molecular flexibility index (Phi) is 4.67. The summed E-state index contributed by atoms with van der Waals surface area (Å²) < 4.78 is 11.0. The van der Waals surface area contributed by atoms with E-state index in [-0.39, 0.29) is 29.0 Å². The van der Waals surface area contributed by atoms with Crippen molar-refractivity contribution in [3.8, 4) is 11.5 Å². The van der Waals surface area contributed by atoms with Gasteiger partial charge >= 0.3 is 11.9 Å². The van der Waals surface area contributed by atoms with Gasteiger partial charge in [0.25, 0.3) is 0 Å². The maximum atomic E-state index is 11.6. The van der Waals surface area contributed by atoms with Crippen LogP contribution in [0.1, 0.15) is 70.4 Å². The normalized spacial score (nSPS) is 36.1. The van der Waals surface area contributed by atoms with E-state index in [9.17, 15) is 14.7 Å². The molecule has 2 saturated carbocycles. The third kappa shape index (κ3) is 2.99. The number of aromatic hydroxyl groups is 1. The average Bonchev–Trinajstić information content (AvgIpc) is 2.91. The minimum absolute atomic E-state index is 0.0148. The van der Waals surface area contributed by atoms with E-state index in [2.05, 4.69) is 13.8 Å². The average molecular weight is 386 g/mol. The first-order valence-electron chi connectivity index (χ1n) is 10.4. The van der Waals surface area contributed by atoms with Gasteiger partial charge in [0.05, 0.1) is 0 Å². The highest BCUT2D eigenvalue weighted by atomic mass is 16.5. The summed E-state index contributed by atoms with van der Waals surface area (Å²) in [7, 11) is 0. The number of hydrogen-bond donors (Lipinski definition) is 1. The largest absolute Gasteiger partial charge is 0.504 e. The van der Waals surface area contributed by atoms with Gasteiger partial charge in [-0.2, -0.15) is 0 Å². The molecule has 1 aromatic carbocycles. The molecule has 0 bridgehead atoms. The van der Waals surface area contributed by atoms with Gasteiger partial charge in [0.15, 0.2) is 11.5 Å². The van der Waals surface area contributed by atoms with Crippen LogP contribution in [0.15, 0.2) is 12.1 Å². The third-order valence-corrected chi connectivity index (χ3v) is 7.63. The van der Waals surface area contributed by atoms with E-state index in [1.165, 1.54) is 25.0 Å². The molecular weight excluding hydrogens is 356 g/mol. The van der Waals surface area contributed by atoms with Crippen LogP contribution in [0.3, 0.4) is 0 Å². The van der Waals surface area contributed by atoms with Gasteiger partial charge in [-0.15, -0.1) is 0 Å². The fourth-order valence-corrected chi connectivity index (χ4v) is 6.57. The van der Waals surface area contributed by atoms with Crippen molar-refractivity contribution >= 4 is 11.9 Å². The van der Waals surface area contributed by atoms with Gasteiger partial charge in [0.2, 0.25) is 0 Å². The fourth-order valence-electron chi connectivity index (χ4n) is 6.57. The molecule has 4 rings (SSSR count). The Labute approximate surface area is 166 Å².